The van der Waals surface area contributed by atoms with Crippen LogP contribution >= 0.6 is 23.1 Å². The summed E-state index contributed by atoms with van der Waals surface area (Å²) in [5.74, 6) is -0.0143. The van der Waals surface area contributed by atoms with Crippen LogP contribution < -0.4 is 10.6 Å². The van der Waals surface area contributed by atoms with Crippen molar-refractivity contribution >= 4 is 45.6 Å². The molecule has 8 heteroatoms. The number of carbonyl (C=O) groups excluding carboxylic acids is 2. The third kappa shape index (κ3) is 5.21. The zero-order chi connectivity index (χ0) is 20.4. The number of benzene rings is 1. The molecule has 1 saturated carbocycles. The summed E-state index contributed by atoms with van der Waals surface area (Å²) in [6, 6.07) is 13.0. The van der Waals surface area contributed by atoms with E-state index in [1.165, 1.54) is 23.1 Å². The Morgan fingerprint density at radius 3 is 2.34 bits per heavy atom. The van der Waals surface area contributed by atoms with E-state index in [4.69, 9.17) is 0 Å². The molecule has 0 radical (unpaired) electrons. The van der Waals surface area contributed by atoms with E-state index in [2.05, 4.69) is 20.6 Å². The highest BCUT2D eigenvalue weighted by Gasteiger charge is 2.29. The minimum absolute atomic E-state index is 0.0414. The van der Waals surface area contributed by atoms with Crippen LogP contribution in [0.2, 0.25) is 0 Å². The summed E-state index contributed by atoms with van der Waals surface area (Å²) in [7, 11) is 0. The topological polar surface area (TPSA) is 84.0 Å². The number of nitrogens with one attached hydrogen (secondary N) is 2. The maximum atomic E-state index is 12.5. The molecule has 3 aromatic rings. The quantitative estimate of drug-likeness (QED) is 0.550. The summed E-state index contributed by atoms with van der Waals surface area (Å²) in [6.45, 7) is 3.90. The largest absolute Gasteiger partial charge is 0.321 e. The minimum atomic E-state index is -0.194. The SMILES string of the molecule is Cc1cc(C)nc(Sc2ccc(NC(=O)c3ccc(NC(=O)C4CC4)s3)cc2)n1. The molecule has 1 fully saturated rings. The Kier molecular flexibility index (Phi) is 5.64. The zero-order valence-electron chi connectivity index (χ0n) is 16.1. The first-order valence-corrected chi connectivity index (χ1v) is 10.9. The Morgan fingerprint density at radius 1 is 1.00 bits per heavy atom. The van der Waals surface area contributed by atoms with Gasteiger partial charge in [-0.1, -0.05) is 0 Å². The Bertz CT molecular complexity index is 1040. The number of hydrogen-bond donors (Lipinski definition) is 2. The van der Waals surface area contributed by atoms with Gasteiger partial charge in [-0.25, -0.2) is 9.97 Å². The minimum Gasteiger partial charge on any atom is -0.321 e. The van der Waals surface area contributed by atoms with Gasteiger partial charge in [-0.3, -0.25) is 9.59 Å². The fourth-order valence-electron chi connectivity index (χ4n) is 2.74. The second kappa shape index (κ2) is 8.34. The van der Waals surface area contributed by atoms with E-state index in [1.807, 2.05) is 44.2 Å². The molecule has 2 N–H and O–H groups in total. The van der Waals surface area contributed by atoms with Crippen LogP contribution in [0.25, 0.3) is 0 Å². The Labute approximate surface area is 177 Å². The fourth-order valence-corrected chi connectivity index (χ4v) is 4.41. The number of anilines is 2. The molecule has 0 atom stereocenters. The smallest absolute Gasteiger partial charge is 0.265 e. The molecule has 1 aromatic carbocycles. The van der Waals surface area contributed by atoms with Gasteiger partial charge in [-0.05, 0) is 80.9 Å². The van der Waals surface area contributed by atoms with Crippen LogP contribution in [0.4, 0.5) is 10.7 Å². The molecular weight excluding hydrogens is 404 g/mol. The van der Waals surface area contributed by atoms with E-state index in [-0.39, 0.29) is 17.7 Å². The normalized spacial score (nSPS) is 13.2. The van der Waals surface area contributed by atoms with Gasteiger partial charge in [0, 0.05) is 27.9 Å². The lowest BCUT2D eigenvalue weighted by Crippen LogP contribution is -2.12. The third-order valence-electron chi connectivity index (χ3n) is 4.31. The first-order valence-electron chi connectivity index (χ1n) is 9.28. The molecule has 1 aliphatic carbocycles. The first-order chi connectivity index (χ1) is 14.0. The lowest BCUT2D eigenvalue weighted by Gasteiger charge is -2.06. The van der Waals surface area contributed by atoms with Crippen molar-refractivity contribution in [1.29, 1.82) is 0 Å². The number of aromatic nitrogens is 2. The van der Waals surface area contributed by atoms with E-state index in [0.717, 1.165) is 29.1 Å². The number of rotatable bonds is 6. The average Bonchev–Trinajstić information content (AvgIpc) is 3.42. The number of hydrogen-bond acceptors (Lipinski definition) is 6. The monoisotopic (exact) mass is 424 g/mol. The molecule has 6 nitrogen and oxygen atoms in total. The Balaban J connectivity index is 1.36. The van der Waals surface area contributed by atoms with Crippen LogP contribution in [0.5, 0.6) is 0 Å². The molecule has 0 saturated heterocycles. The average molecular weight is 425 g/mol. The highest BCUT2D eigenvalue weighted by molar-refractivity contribution is 7.99. The van der Waals surface area contributed by atoms with Crippen molar-refractivity contribution in [2.24, 2.45) is 5.92 Å². The number of thiophene rings is 1. The standard InChI is InChI=1S/C21H20N4O2S2/c1-12-11-13(2)23-21(22-12)28-16-7-5-15(6-8-16)24-20(27)17-9-10-18(29-17)25-19(26)14-3-4-14/h5-11,14H,3-4H2,1-2H3,(H,24,27)(H,25,26). The van der Waals surface area contributed by atoms with Crippen LogP contribution in [0.1, 0.15) is 33.9 Å². The van der Waals surface area contributed by atoms with Gasteiger partial charge in [0.25, 0.3) is 5.91 Å². The number of amides is 2. The van der Waals surface area contributed by atoms with Crippen molar-refractivity contribution in [3.05, 3.63) is 58.7 Å². The van der Waals surface area contributed by atoms with Crippen molar-refractivity contribution in [2.75, 3.05) is 10.6 Å². The second-order valence-electron chi connectivity index (χ2n) is 6.94. The van der Waals surface area contributed by atoms with Gasteiger partial charge in [0.05, 0.1) is 9.88 Å². The number of nitrogens with zero attached hydrogens (tertiary/aromatic N) is 2. The third-order valence-corrected chi connectivity index (χ3v) is 6.18. The van der Waals surface area contributed by atoms with E-state index in [9.17, 15) is 9.59 Å². The maximum absolute atomic E-state index is 12.5. The summed E-state index contributed by atoms with van der Waals surface area (Å²) in [5.41, 5.74) is 2.58. The Hall–Kier alpha value is -2.71. The molecule has 0 bridgehead atoms. The van der Waals surface area contributed by atoms with Gasteiger partial charge in [-0.2, -0.15) is 0 Å². The molecule has 0 spiro atoms. The molecule has 2 heterocycles. The lowest BCUT2D eigenvalue weighted by atomic mass is 10.3. The van der Waals surface area contributed by atoms with Crippen molar-refractivity contribution in [1.82, 2.24) is 9.97 Å². The van der Waals surface area contributed by atoms with E-state index >= 15 is 0 Å². The fraction of sp³-hybridized carbons (Fsp3) is 0.238. The van der Waals surface area contributed by atoms with Gasteiger partial charge in [0.1, 0.15) is 0 Å². The molecular formula is C21H20N4O2S2. The van der Waals surface area contributed by atoms with Crippen molar-refractivity contribution < 1.29 is 9.59 Å². The summed E-state index contributed by atoms with van der Waals surface area (Å²) in [5, 5.41) is 7.16. The molecule has 2 aromatic heterocycles. The van der Waals surface area contributed by atoms with Gasteiger partial charge in [0.2, 0.25) is 5.91 Å². The van der Waals surface area contributed by atoms with Crippen LogP contribution in [0.3, 0.4) is 0 Å². The second-order valence-corrected chi connectivity index (χ2v) is 9.07. The molecule has 2 amide bonds. The zero-order valence-corrected chi connectivity index (χ0v) is 17.7. The molecule has 29 heavy (non-hydrogen) atoms. The Morgan fingerprint density at radius 2 is 1.69 bits per heavy atom. The van der Waals surface area contributed by atoms with Crippen LogP contribution in [0.15, 0.2) is 52.5 Å². The number of aryl methyl sites for hydroxylation is 2. The lowest BCUT2D eigenvalue weighted by molar-refractivity contribution is -0.117. The molecule has 0 aliphatic heterocycles. The highest BCUT2D eigenvalue weighted by Crippen LogP contribution is 2.32. The van der Waals surface area contributed by atoms with E-state index in [0.29, 0.717) is 20.7 Å². The summed E-state index contributed by atoms with van der Waals surface area (Å²) < 4.78 is 0. The highest BCUT2D eigenvalue weighted by atomic mass is 32.2. The number of carbonyl (C=O) groups is 2. The predicted octanol–water partition coefficient (Wildman–Crippen LogP) is 4.91. The van der Waals surface area contributed by atoms with E-state index in [1.54, 1.807) is 12.1 Å². The predicted molar refractivity (Wildman–Crippen MR) is 116 cm³/mol. The molecule has 0 unspecified atom stereocenters. The molecule has 1 aliphatic rings. The van der Waals surface area contributed by atoms with Crippen LogP contribution in [-0.4, -0.2) is 21.8 Å². The maximum Gasteiger partial charge on any atom is 0.265 e. The van der Waals surface area contributed by atoms with E-state index < -0.39 is 0 Å². The summed E-state index contributed by atoms with van der Waals surface area (Å²) >= 11 is 2.76. The van der Waals surface area contributed by atoms with Crippen molar-refractivity contribution in [3.63, 3.8) is 0 Å². The van der Waals surface area contributed by atoms with Crippen LogP contribution in [0, 0.1) is 19.8 Å². The van der Waals surface area contributed by atoms with Gasteiger partial charge >= 0.3 is 0 Å². The van der Waals surface area contributed by atoms with Crippen molar-refractivity contribution in [3.8, 4) is 0 Å². The summed E-state index contributed by atoms with van der Waals surface area (Å²) in [4.78, 5) is 34.7. The van der Waals surface area contributed by atoms with Crippen molar-refractivity contribution in [2.45, 2.75) is 36.7 Å². The van der Waals surface area contributed by atoms with Crippen LogP contribution in [-0.2, 0) is 4.79 Å². The molecule has 4 rings (SSSR count). The van der Waals surface area contributed by atoms with Gasteiger partial charge < -0.3 is 10.6 Å². The molecule has 148 valence electrons. The van der Waals surface area contributed by atoms with Gasteiger partial charge in [0.15, 0.2) is 5.16 Å². The summed E-state index contributed by atoms with van der Waals surface area (Å²) in [6.07, 6.45) is 1.91. The first kappa shape index (κ1) is 19.6. The van der Waals surface area contributed by atoms with Gasteiger partial charge in [-0.15, -0.1) is 11.3 Å².